The van der Waals surface area contributed by atoms with Gasteiger partial charge in [0, 0.05) is 29.7 Å². The second-order valence-corrected chi connectivity index (χ2v) is 9.34. The van der Waals surface area contributed by atoms with E-state index in [9.17, 15) is 4.79 Å². The first-order valence-electron chi connectivity index (χ1n) is 12.0. The van der Waals surface area contributed by atoms with Crippen molar-refractivity contribution in [1.82, 2.24) is 0 Å². The molecule has 38 heavy (non-hydrogen) atoms. The highest BCUT2D eigenvalue weighted by molar-refractivity contribution is 5.74. The van der Waals surface area contributed by atoms with E-state index >= 15 is 0 Å². The van der Waals surface area contributed by atoms with Gasteiger partial charge in [-0.3, -0.25) is 4.79 Å². The van der Waals surface area contributed by atoms with Crippen molar-refractivity contribution in [3.8, 4) is 33.6 Å². The lowest BCUT2D eigenvalue weighted by Crippen LogP contribution is -2.68. The average molecular weight is 537 g/mol. The zero-order valence-electron chi connectivity index (χ0n) is 20.6. The minimum absolute atomic E-state index is 0.472. The highest BCUT2D eigenvalue weighted by atomic mass is 35.7. The van der Waals surface area contributed by atoms with Crippen LogP contribution in [0.5, 0.6) is 0 Å². The summed E-state index contributed by atoms with van der Waals surface area (Å²) in [6.07, 6.45) is 2.07. The fourth-order valence-electron chi connectivity index (χ4n) is 4.11. The lowest BCUT2D eigenvalue weighted by atomic mass is 9.98. The number of pyridine rings is 1. The van der Waals surface area contributed by atoms with Crippen molar-refractivity contribution in [3.05, 3.63) is 103 Å². The fourth-order valence-corrected chi connectivity index (χ4v) is 4.11. The van der Waals surface area contributed by atoms with Gasteiger partial charge in [0.2, 0.25) is 11.4 Å². The third kappa shape index (κ3) is 9.04. The van der Waals surface area contributed by atoms with Gasteiger partial charge in [0.25, 0.3) is 0 Å². The van der Waals surface area contributed by atoms with Crippen LogP contribution in [0.1, 0.15) is 19.3 Å². The van der Waals surface area contributed by atoms with Crippen LogP contribution in [0, 0.1) is 10.2 Å². The average Bonchev–Trinajstić information content (AvgIpc) is 2.91. The van der Waals surface area contributed by atoms with E-state index in [4.69, 9.17) is 29.5 Å². The van der Waals surface area contributed by atoms with Crippen LogP contribution < -0.4 is 28.9 Å². The molecule has 0 saturated carbocycles. The maximum absolute atomic E-state index is 11.1. The zero-order chi connectivity index (χ0) is 27.5. The summed E-state index contributed by atoms with van der Waals surface area (Å²) < 4.78 is 36.3. The summed E-state index contributed by atoms with van der Waals surface area (Å²) in [5, 5.41) is 9.09. The van der Waals surface area contributed by atoms with Crippen LogP contribution in [-0.4, -0.2) is 17.1 Å². The van der Waals surface area contributed by atoms with Gasteiger partial charge in [0.05, 0.1) is 0 Å². The van der Waals surface area contributed by atoms with E-state index in [1.54, 1.807) is 0 Å². The lowest BCUT2D eigenvalue weighted by Gasteiger charge is -2.17. The van der Waals surface area contributed by atoms with E-state index in [2.05, 4.69) is 89.5 Å². The van der Waals surface area contributed by atoms with E-state index in [0.29, 0.717) is 6.42 Å². The Kier molecular flexibility index (Phi) is 10.5. The lowest BCUT2D eigenvalue weighted by molar-refractivity contribution is -2.00. The SMILES string of the molecule is NC(CCCC[n+]1c(-c2ccccc2)cc(-c2ccccc2)cc1-c1ccccc1)C(=O)O.[O-][Cl+3]([O-])([O-])[O-]. The number of carboxylic acids is 1. The molecule has 3 N–H and O–H groups in total. The number of rotatable bonds is 9. The molecule has 4 aromatic rings. The van der Waals surface area contributed by atoms with Gasteiger partial charge in [-0.15, -0.1) is 10.2 Å². The Labute approximate surface area is 223 Å². The number of carboxylic acid groups (broad SMARTS) is 1. The maximum atomic E-state index is 11.1. The van der Waals surface area contributed by atoms with Crippen molar-refractivity contribution in [3.63, 3.8) is 0 Å². The number of unbranched alkanes of at least 4 members (excludes halogenated alkanes) is 1. The van der Waals surface area contributed by atoms with E-state index in [-0.39, 0.29) is 0 Å². The largest absolute Gasteiger partial charge is 0.480 e. The number of nitrogens with two attached hydrogens (primary N) is 1. The molecule has 8 nitrogen and oxygen atoms in total. The Morgan fingerprint density at radius 3 is 1.50 bits per heavy atom. The summed E-state index contributed by atoms with van der Waals surface area (Å²) in [6, 6.07) is 34.9. The van der Waals surface area contributed by atoms with Crippen molar-refractivity contribution in [2.75, 3.05) is 0 Å². The topological polar surface area (TPSA) is 159 Å². The Morgan fingerprint density at radius 2 is 1.11 bits per heavy atom. The Bertz CT molecular complexity index is 1230. The van der Waals surface area contributed by atoms with Crippen LogP contribution in [0.4, 0.5) is 0 Å². The van der Waals surface area contributed by atoms with E-state index < -0.39 is 22.3 Å². The van der Waals surface area contributed by atoms with E-state index in [1.165, 1.54) is 5.56 Å². The summed E-state index contributed by atoms with van der Waals surface area (Å²) in [5.74, 6) is -0.940. The Morgan fingerprint density at radius 1 is 0.711 bits per heavy atom. The molecule has 1 unspecified atom stereocenters. The molecule has 4 rings (SSSR count). The minimum Gasteiger partial charge on any atom is -0.480 e. The van der Waals surface area contributed by atoms with E-state index in [0.717, 1.165) is 47.5 Å². The molecule has 0 bridgehead atoms. The number of halogens is 1. The monoisotopic (exact) mass is 536 g/mol. The van der Waals surface area contributed by atoms with Crippen LogP contribution in [0.25, 0.3) is 33.6 Å². The molecule has 1 atom stereocenters. The van der Waals surface area contributed by atoms with Crippen LogP contribution in [0.3, 0.4) is 0 Å². The molecule has 1 heterocycles. The molecule has 0 amide bonds. The first kappa shape index (κ1) is 28.9. The first-order valence-corrected chi connectivity index (χ1v) is 13.2. The van der Waals surface area contributed by atoms with E-state index in [1.807, 2.05) is 18.2 Å². The molecule has 0 aliphatic heterocycles. The summed E-state index contributed by atoms with van der Waals surface area (Å²) in [4.78, 5) is 11.1. The molecule has 0 fully saturated rings. The number of aromatic nitrogens is 1. The van der Waals surface area contributed by atoms with Gasteiger partial charge in [0.15, 0.2) is 0 Å². The van der Waals surface area contributed by atoms with Gasteiger partial charge in [-0.25, -0.2) is 18.6 Å². The second-order valence-electron chi connectivity index (χ2n) is 8.58. The van der Waals surface area contributed by atoms with Gasteiger partial charge in [-0.2, -0.15) is 4.57 Å². The van der Waals surface area contributed by atoms with Crippen molar-refractivity contribution >= 4 is 5.97 Å². The van der Waals surface area contributed by atoms with Crippen molar-refractivity contribution < 1.29 is 43.3 Å². The number of benzene rings is 3. The number of nitrogens with zero attached hydrogens (tertiary/aromatic N) is 1. The molecule has 0 spiro atoms. The molecular weight excluding hydrogens is 508 g/mol. The summed E-state index contributed by atoms with van der Waals surface area (Å²) in [7, 11) is -4.94. The first-order chi connectivity index (χ1) is 18.1. The molecule has 0 aliphatic carbocycles. The third-order valence-electron chi connectivity index (χ3n) is 5.88. The Hall–Kier alpha value is -3.63. The van der Waals surface area contributed by atoms with Crippen LogP contribution in [0.15, 0.2) is 103 Å². The normalized spacial score (nSPS) is 11.8. The highest BCUT2D eigenvalue weighted by Gasteiger charge is 2.22. The Balaban J connectivity index is 0.000000732. The molecule has 0 aliphatic rings. The standard InChI is InChI=1S/C29H28N2O2.ClHO4/c30-26(29(32)33)18-10-11-19-31-27(23-14-6-2-7-15-23)20-25(22-12-4-1-5-13-22)21-28(31)24-16-8-3-9-17-24;2-1(3,4)5/h1-9,12-17,20-21,26H,10-11,18-19,30H2;(H,2,3,4,5). The third-order valence-corrected chi connectivity index (χ3v) is 5.88. The van der Waals surface area contributed by atoms with Gasteiger partial charge in [-0.05, 0) is 48.2 Å². The predicted molar refractivity (Wildman–Crippen MR) is 132 cm³/mol. The quantitative estimate of drug-likeness (QED) is 0.236. The van der Waals surface area contributed by atoms with Crippen LogP contribution in [0.2, 0.25) is 0 Å². The number of aliphatic carboxylic acids is 1. The summed E-state index contributed by atoms with van der Waals surface area (Å²) >= 11 is 0. The summed E-state index contributed by atoms with van der Waals surface area (Å²) in [6.45, 7) is 0.774. The molecule has 0 radical (unpaired) electrons. The highest BCUT2D eigenvalue weighted by Crippen LogP contribution is 2.29. The fraction of sp³-hybridized carbons (Fsp3) is 0.172. The van der Waals surface area contributed by atoms with Crippen molar-refractivity contribution in [1.29, 1.82) is 0 Å². The molecular formula is C29H29ClN2O6. The number of hydrogen-bond acceptors (Lipinski definition) is 6. The second kappa shape index (κ2) is 13.8. The molecule has 0 saturated heterocycles. The van der Waals surface area contributed by atoms with Crippen molar-refractivity contribution in [2.45, 2.75) is 31.8 Å². The minimum atomic E-state index is -4.94. The van der Waals surface area contributed by atoms with Gasteiger partial charge in [-0.1, -0.05) is 66.7 Å². The molecule has 1 aromatic heterocycles. The van der Waals surface area contributed by atoms with Crippen molar-refractivity contribution in [2.24, 2.45) is 5.73 Å². The molecule has 9 heteroatoms. The number of hydrogen-bond donors (Lipinski definition) is 2. The molecule has 3 aromatic carbocycles. The van der Waals surface area contributed by atoms with Crippen LogP contribution in [-0.2, 0) is 11.3 Å². The predicted octanol–water partition coefficient (Wildman–Crippen LogP) is 0.801. The van der Waals surface area contributed by atoms with Gasteiger partial charge in [0.1, 0.15) is 12.6 Å². The maximum Gasteiger partial charge on any atom is 0.320 e. The van der Waals surface area contributed by atoms with Gasteiger partial charge >= 0.3 is 5.97 Å². The smallest absolute Gasteiger partial charge is 0.320 e. The summed E-state index contributed by atoms with van der Waals surface area (Å²) in [5.41, 5.74) is 12.6. The zero-order valence-corrected chi connectivity index (χ0v) is 21.4. The van der Waals surface area contributed by atoms with Gasteiger partial charge < -0.3 is 10.8 Å². The number of carbonyl (C=O) groups is 1. The van der Waals surface area contributed by atoms with Crippen LogP contribution >= 0.6 is 0 Å². The molecule has 198 valence electrons.